The predicted molar refractivity (Wildman–Crippen MR) is 45.8 cm³/mol. The number of thioether (sulfide) groups is 1. The van der Waals surface area contributed by atoms with Gasteiger partial charge in [0.05, 0.1) is 12.1 Å². The Morgan fingerprint density at radius 3 is 3.22 bits per heavy atom. The van der Waals surface area contributed by atoms with Crippen LogP contribution in [0.1, 0.15) is 0 Å². The molecule has 0 radical (unpaired) electrons. The number of hydrogen-bond acceptors (Lipinski definition) is 4. The zero-order valence-corrected chi connectivity index (χ0v) is 6.61. The monoisotopic (exact) mass is 160 g/mol. The first-order chi connectivity index (χ1) is 4.34. The molecule has 4 heteroatoms. The van der Waals surface area contributed by atoms with Crippen molar-refractivity contribution in [1.29, 1.82) is 0 Å². The van der Waals surface area contributed by atoms with Crippen LogP contribution in [0, 0.1) is 0 Å². The zero-order valence-electron chi connectivity index (χ0n) is 4.90. The van der Waals surface area contributed by atoms with Gasteiger partial charge in [-0.2, -0.15) is 5.10 Å². The summed E-state index contributed by atoms with van der Waals surface area (Å²) >= 11 is 5.83. The van der Waals surface area contributed by atoms with Gasteiger partial charge < -0.3 is 0 Å². The Balaban J connectivity index is 2.39. The van der Waals surface area contributed by atoms with Gasteiger partial charge in [0.15, 0.2) is 0 Å². The molecule has 2 nitrogen and oxygen atoms in total. The first-order valence-electron chi connectivity index (χ1n) is 2.58. The van der Waals surface area contributed by atoms with Crippen LogP contribution in [-0.4, -0.2) is 21.8 Å². The largest absolute Gasteiger partial charge is 0.269 e. The molecule has 1 aliphatic heterocycles. The predicted octanol–water partition coefficient (Wildman–Crippen LogP) is 1.38. The van der Waals surface area contributed by atoms with Crippen LogP contribution < -0.4 is 0 Å². The summed E-state index contributed by atoms with van der Waals surface area (Å²) in [5.74, 6) is 0. The van der Waals surface area contributed by atoms with Crippen molar-refractivity contribution < 1.29 is 0 Å². The van der Waals surface area contributed by atoms with Gasteiger partial charge in [0.2, 0.25) is 0 Å². The smallest absolute Gasteiger partial charge is 0.141 e. The molecule has 0 aromatic carbocycles. The van der Waals surface area contributed by atoms with Crippen LogP contribution in [0.2, 0.25) is 0 Å². The van der Waals surface area contributed by atoms with Crippen LogP contribution >= 0.6 is 24.4 Å². The molecule has 1 aliphatic rings. The van der Waals surface area contributed by atoms with E-state index in [0.29, 0.717) is 0 Å². The maximum absolute atomic E-state index is 4.24. The molecule has 9 heavy (non-hydrogen) atoms. The zero-order chi connectivity index (χ0) is 6.69. The second-order valence-corrected chi connectivity index (χ2v) is 3.36. The molecule has 1 rings (SSSR count). The lowest BCUT2D eigenvalue weighted by Crippen LogP contribution is -2.19. The second kappa shape index (κ2) is 3.17. The van der Waals surface area contributed by atoms with Crippen molar-refractivity contribution in [1.82, 2.24) is 5.01 Å². The average Bonchev–Trinajstić information content (AvgIpc) is 2.18. The Labute approximate surface area is 64.4 Å². The molecule has 0 amide bonds. The first kappa shape index (κ1) is 7.02. The highest BCUT2D eigenvalue weighted by Crippen LogP contribution is 2.22. The SMILES string of the molecule is C=CCN1N=CSC1S. The van der Waals surface area contributed by atoms with E-state index in [2.05, 4.69) is 24.3 Å². The maximum Gasteiger partial charge on any atom is 0.141 e. The van der Waals surface area contributed by atoms with Crippen molar-refractivity contribution in [3.63, 3.8) is 0 Å². The summed E-state index contributed by atoms with van der Waals surface area (Å²) in [7, 11) is 0. The van der Waals surface area contributed by atoms with Crippen LogP contribution in [-0.2, 0) is 0 Å². The van der Waals surface area contributed by atoms with E-state index in [4.69, 9.17) is 0 Å². The Morgan fingerprint density at radius 1 is 2.00 bits per heavy atom. The van der Waals surface area contributed by atoms with Crippen molar-refractivity contribution in [2.45, 2.75) is 4.71 Å². The van der Waals surface area contributed by atoms with Gasteiger partial charge in [-0.05, 0) is 0 Å². The lowest BCUT2D eigenvalue weighted by Gasteiger charge is -2.15. The van der Waals surface area contributed by atoms with Gasteiger partial charge >= 0.3 is 0 Å². The summed E-state index contributed by atoms with van der Waals surface area (Å²) in [5.41, 5.74) is 1.79. The summed E-state index contributed by atoms with van der Waals surface area (Å²) in [6.07, 6.45) is 1.81. The van der Waals surface area contributed by atoms with E-state index in [1.807, 2.05) is 11.1 Å². The van der Waals surface area contributed by atoms with Gasteiger partial charge in [-0.1, -0.05) is 17.8 Å². The molecule has 50 valence electrons. The highest BCUT2D eigenvalue weighted by Gasteiger charge is 2.14. The minimum atomic E-state index is 0.183. The van der Waals surface area contributed by atoms with E-state index in [0.717, 1.165) is 6.54 Å². The van der Waals surface area contributed by atoms with E-state index in [1.54, 1.807) is 17.3 Å². The van der Waals surface area contributed by atoms with Gasteiger partial charge in [0.1, 0.15) is 4.71 Å². The Morgan fingerprint density at radius 2 is 2.78 bits per heavy atom. The van der Waals surface area contributed by atoms with Crippen LogP contribution in [0.4, 0.5) is 0 Å². The molecule has 0 spiro atoms. The van der Waals surface area contributed by atoms with E-state index >= 15 is 0 Å². The molecule has 1 heterocycles. The third-order valence-electron chi connectivity index (χ3n) is 0.949. The first-order valence-corrected chi connectivity index (χ1v) is 4.04. The summed E-state index contributed by atoms with van der Waals surface area (Å²) in [4.78, 5) is 0. The minimum Gasteiger partial charge on any atom is -0.269 e. The van der Waals surface area contributed by atoms with E-state index in [-0.39, 0.29) is 4.71 Å². The third-order valence-corrected chi connectivity index (χ3v) is 2.28. The van der Waals surface area contributed by atoms with Gasteiger partial charge in [-0.15, -0.1) is 19.2 Å². The molecular weight excluding hydrogens is 152 g/mol. The molecule has 1 atom stereocenters. The quantitative estimate of drug-likeness (QED) is 0.485. The lowest BCUT2D eigenvalue weighted by molar-refractivity contribution is 0.369. The van der Waals surface area contributed by atoms with Crippen molar-refractivity contribution in [2.75, 3.05) is 6.54 Å². The Kier molecular flexibility index (Phi) is 2.48. The van der Waals surface area contributed by atoms with Crippen LogP contribution in [0.3, 0.4) is 0 Å². The molecule has 0 saturated carbocycles. The van der Waals surface area contributed by atoms with Crippen molar-refractivity contribution in [3.05, 3.63) is 12.7 Å². The Bertz CT molecular complexity index is 135. The summed E-state index contributed by atoms with van der Waals surface area (Å²) in [6.45, 7) is 4.38. The van der Waals surface area contributed by atoms with E-state index < -0.39 is 0 Å². The summed E-state index contributed by atoms with van der Waals surface area (Å²) in [5, 5.41) is 5.89. The van der Waals surface area contributed by atoms with E-state index in [9.17, 15) is 0 Å². The van der Waals surface area contributed by atoms with Crippen molar-refractivity contribution in [2.24, 2.45) is 5.10 Å². The third kappa shape index (κ3) is 1.66. The highest BCUT2D eigenvalue weighted by atomic mass is 32.2. The molecule has 0 saturated heterocycles. The van der Waals surface area contributed by atoms with Gasteiger partial charge in [0.25, 0.3) is 0 Å². The second-order valence-electron chi connectivity index (χ2n) is 1.59. The van der Waals surface area contributed by atoms with E-state index in [1.165, 1.54) is 0 Å². The fourth-order valence-corrected chi connectivity index (χ4v) is 1.42. The summed E-state index contributed by atoms with van der Waals surface area (Å²) in [6, 6.07) is 0. The van der Waals surface area contributed by atoms with Gasteiger partial charge in [-0.25, -0.2) is 0 Å². The van der Waals surface area contributed by atoms with Gasteiger partial charge in [0, 0.05) is 0 Å². The van der Waals surface area contributed by atoms with Gasteiger partial charge in [-0.3, -0.25) is 5.01 Å². The number of thiol groups is 1. The highest BCUT2D eigenvalue weighted by molar-refractivity contribution is 8.19. The molecule has 0 bridgehead atoms. The molecule has 0 N–H and O–H groups in total. The fraction of sp³-hybridized carbons (Fsp3) is 0.400. The maximum atomic E-state index is 4.24. The number of hydrazone groups is 1. The fourth-order valence-electron chi connectivity index (χ4n) is 0.539. The van der Waals surface area contributed by atoms with Crippen molar-refractivity contribution in [3.8, 4) is 0 Å². The molecule has 0 aliphatic carbocycles. The number of hydrogen-bond donors (Lipinski definition) is 1. The van der Waals surface area contributed by atoms with Crippen LogP contribution in [0.5, 0.6) is 0 Å². The minimum absolute atomic E-state index is 0.183. The van der Waals surface area contributed by atoms with Crippen LogP contribution in [0.15, 0.2) is 17.8 Å². The lowest BCUT2D eigenvalue weighted by atomic mass is 10.6. The Hall–Kier alpha value is -0.0900. The molecule has 1 unspecified atom stereocenters. The van der Waals surface area contributed by atoms with Crippen molar-refractivity contribution >= 4 is 29.9 Å². The number of rotatable bonds is 2. The molecular formula is C5H8N2S2. The molecule has 0 fully saturated rings. The average molecular weight is 160 g/mol. The van der Waals surface area contributed by atoms with Crippen LogP contribution in [0.25, 0.3) is 0 Å². The molecule has 0 aromatic heterocycles. The topological polar surface area (TPSA) is 15.6 Å². The molecule has 0 aromatic rings. The normalized spacial score (nSPS) is 25.0. The summed E-state index contributed by atoms with van der Waals surface area (Å²) < 4.78 is 0.183. The number of nitrogens with zero attached hydrogens (tertiary/aromatic N) is 2. The standard InChI is InChI=1S/C5H8N2S2/c1-2-3-7-5(8)9-4-6-7/h2,4-5,8H,1,3H2.